The number of carbonyl (C=O) groups excluding carboxylic acids is 2. The number of benzene rings is 1. The van der Waals surface area contributed by atoms with Crippen molar-refractivity contribution in [3.8, 4) is 0 Å². The minimum Gasteiger partial charge on any atom is -0.445 e. The molecule has 4 aliphatic rings. The lowest BCUT2D eigenvalue weighted by Gasteiger charge is -2.58. The lowest BCUT2D eigenvalue weighted by molar-refractivity contribution is -0.128. The van der Waals surface area contributed by atoms with Crippen molar-refractivity contribution in [2.75, 3.05) is 44.2 Å². The number of carbonyl (C=O) groups is 2. The van der Waals surface area contributed by atoms with Crippen LogP contribution in [0.2, 0.25) is 0 Å². The molecule has 3 saturated heterocycles. The zero-order chi connectivity index (χ0) is 30.6. The van der Waals surface area contributed by atoms with Crippen LogP contribution in [0.3, 0.4) is 0 Å². The number of anilines is 1. The summed E-state index contributed by atoms with van der Waals surface area (Å²) in [5.74, 6) is 0.997. The molecule has 0 radical (unpaired) electrons. The van der Waals surface area contributed by atoms with Gasteiger partial charge in [0.1, 0.15) is 12.2 Å². The Morgan fingerprint density at radius 2 is 1.74 bits per heavy atom. The third kappa shape index (κ3) is 6.08. The Morgan fingerprint density at radius 3 is 2.42 bits per heavy atom. The Morgan fingerprint density at radius 1 is 1.02 bits per heavy atom. The Hall–Kier alpha value is -3.27. The Kier molecular flexibility index (Phi) is 7.42. The number of hydrogen-bond donors (Lipinski definition) is 0. The van der Waals surface area contributed by atoms with Crippen LogP contribution in [-0.4, -0.2) is 87.8 Å². The van der Waals surface area contributed by atoms with Crippen LogP contribution >= 0.6 is 0 Å². The third-order valence-corrected chi connectivity index (χ3v) is 9.56. The van der Waals surface area contributed by atoms with Gasteiger partial charge in [-0.2, -0.15) is 5.10 Å². The summed E-state index contributed by atoms with van der Waals surface area (Å²) in [5, 5.41) is 5.12. The molecule has 3 aliphatic heterocycles. The second-order valence-electron chi connectivity index (χ2n) is 14.9. The van der Waals surface area contributed by atoms with Gasteiger partial charge in [-0.25, -0.2) is 9.59 Å². The minimum atomic E-state index is -0.469. The van der Waals surface area contributed by atoms with E-state index in [4.69, 9.17) is 19.3 Å². The summed E-state index contributed by atoms with van der Waals surface area (Å²) in [7, 11) is 0. The SMILES string of the molecule is Cc1cc(N2CCC3(CN(C(=O)OCc4ccccc4)CCO3)CC2(C)C)nn1C1CC2(C1)CN(C(=O)OC(C)(C)C)C2. The van der Waals surface area contributed by atoms with E-state index < -0.39 is 11.2 Å². The van der Waals surface area contributed by atoms with Gasteiger partial charge in [0.25, 0.3) is 0 Å². The van der Waals surface area contributed by atoms with Gasteiger partial charge in [-0.05, 0) is 66.4 Å². The van der Waals surface area contributed by atoms with Crippen LogP contribution in [0, 0.1) is 12.3 Å². The summed E-state index contributed by atoms with van der Waals surface area (Å²) in [6, 6.07) is 12.3. The van der Waals surface area contributed by atoms with Gasteiger partial charge in [-0.1, -0.05) is 30.3 Å². The second-order valence-corrected chi connectivity index (χ2v) is 14.9. The average Bonchev–Trinajstić information content (AvgIpc) is 3.25. The van der Waals surface area contributed by atoms with Crippen molar-refractivity contribution in [2.24, 2.45) is 5.41 Å². The maximum Gasteiger partial charge on any atom is 0.410 e. The Labute approximate surface area is 255 Å². The van der Waals surface area contributed by atoms with Gasteiger partial charge in [0.15, 0.2) is 5.82 Å². The molecule has 1 unspecified atom stereocenters. The van der Waals surface area contributed by atoms with Crippen molar-refractivity contribution < 1.29 is 23.8 Å². The molecule has 0 bridgehead atoms. The van der Waals surface area contributed by atoms with E-state index in [1.165, 1.54) is 0 Å². The molecule has 1 saturated carbocycles. The highest BCUT2D eigenvalue weighted by molar-refractivity contribution is 5.69. The van der Waals surface area contributed by atoms with Crippen molar-refractivity contribution in [1.82, 2.24) is 19.6 Å². The monoisotopic (exact) mass is 593 g/mol. The molecule has 0 N–H and O–H groups in total. The molecule has 10 heteroatoms. The molecule has 6 rings (SSSR count). The van der Waals surface area contributed by atoms with Gasteiger partial charge < -0.3 is 28.9 Å². The topological polar surface area (TPSA) is 89.4 Å². The first kappa shape index (κ1) is 29.8. The fourth-order valence-corrected chi connectivity index (χ4v) is 7.65. The van der Waals surface area contributed by atoms with Crippen LogP contribution in [0.5, 0.6) is 0 Å². The van der Waals surface area contributed by atoms with E-state index in [0.717, 1.165) is 62.4 Å². The molecular weight excluding hydrogens is 546 g/mol. The van der Waals surface area contributed by atoms with Gasteiger partial charge in [-0.15, -0.1) is 0 Å². The number of rotatable bonds is 4. The van der Waals surface area contributed by atoms with E-state index in [1.54, 1.807) is 0 Å². The van der Waals surface area contributed by atoms with Crippen molar-refractivity contribution >= 4 is 18.0 Å². The van der Waals surface area contributed by atoms with Crippen LogP contribution in [-0.2, 0) is 20.8 Å². The van der Waals surface area contributed by atoms with Gasteiger partial charge in [0, 0.05) is 55.3 Å². The largest absolute Gasteiger partial charge is 0.445 e. The highest BCUT2D eigenvalue weighted by Gasteiger charge is 2.56. The molecule has 10 nitrogen and oxygen atoms in total. The summed E-state index contributed by atoms with van der Waals surface area (Å²) in [4.78, 5) is 31.4. The van der Waals surface area contributed by atoms with Gasteiger partial charge >= 0.3 is 12.2 Å². The molecule has 43 heavy (non-hydrogen) atoms. The highest BCUT2D eigenvalue weighted by atomic mass is 16.6. The van der Waals surface area contributed by atoms with Crippen LogP contribution < -0.4 is 4.90 Å². The van der Waals surface area contributed by atoms with E-state index in [9.17, 15) is 9.59 Å². The molecule has 2 aromatic rings. The lowest BCUT2D eigenvalue weighted by atomic mass is 9.61. The Bertz CT molecular complexity index is 1340. The van der Waals surface area contributed by atoms with Gasteiger partial charge in [-0.3, -0.25) is 4.68 Å². The van der Waals surface area contributed by atoms with E-state index in [0.29, 0.717) is 25.7 Å². The smallest absolute Gasteiger partial charge is 0.410 e. The fraction of sp³-hybridized carbons (Fsp3) is 0.667. The van der Waals surface area contributed by atoms with E-state index in [2.05, 4.69) is 36.4 Å². The molecule has 4 fully saturated rings. The average molecular weight is 594 g/mol. The van der Waals surface area contributed by atoms with Crippen LogP contribution in [0.15, 0.2) is 36.4 Å². The van der Waals surface area contributed by atoms with E-state index in [1.807, 2.05) is 60.9 Å². The number of amides is 2. The fourth-order valence-electron chi connectivity index (χ4n) is 7.65. The number of nitrogens with zero attached hydrogens (tertiary/aromatic N) is 5. The summed E-state index contributed by atoms with van der Waals surface area (Å²) in [6.45, 7) is 16.5. The summed E-state index contributed by atoms with van der Waals surface area (Å²) in [5.41, 5.74) is 1.27. The van der Waals surface area contributed by atoms with Gasteiger partial charge in [0.2, 0.25) is 0 Å². The van der Waals surface area contributed by atoms with Crippen molar-refractivity contribution in [2.45, 2.75) is 96.6 Å². The highest BCUT2D eigenvalue weighted by Crippen LogP contribution is 2.54. The minimum absolute atomic E-state index is 0.198. The number of piperidine rings is 1. The van der Waals surface area contributed by atoms with Gasteiger partial charge in [0.05, 0.1) is 24.8 Å². The molecular formula is C33H47N5O5. The standard InChI is InChI=1S/C33H47N5O5/c1-24-16-27(34-38(24)26-17-32(18-26)21-36(22-32)29(40)43-30(2,3)4)37-13-12-33(20-31(37,5)6)23-35(14-15-42-33)28(39)41-19-25-10-8-7-9-11-25/h7-11,16,26H,12-15,17-23H2,1-6H3. The van der Waals surface area contributed by atoms with Crippen LogP contribution in [0.1, 0.15) is 77.6 Å². The molecule has 234 valence electrons. The number of ether oxygens (including phenoxy) is 3. The zero-order valence-corrected chi connectivity index (χ0v) is 26.6. The number of aryl methyl sites for hydroxylation is 1. The maximum absolute atomic E-state index is 13.0. The zero-order valence-electron chi connectivity index (χ0n) is 26.6. The summed E-state index contributed by atoms with van der Waals surface area (Å²) >= 11 is 0. The lowest BCUT2D eigenvalue weighted by Crippen LogP contribution is -2.64. The molecule has 4 heterocycles. The number of aromatic nitrogens is 2. The third-order valence-electron chi connectivity index (χ3n) is 9.56. The summed E-state index contributed by atoms with van der Waals surface area (Å²) < 4.78 is 19.8. The van der Waals surface area contributed by atoms with Crippen molar-refractivity contribution in [3.63, 3.8) is 0 Å². The number of hydrogen-bond acceptors (Lipinski definition) is 7. The normalized spacial score (nSPS) is 24.9. The molecule has 1 aromatic heterocycles. The van der Waals surface area contributed by atoms with Crippen LogP contribution in [0.4, 0.5) is 15.4 Å². The maximum atomic E-state index is 13.0. The Balaban J connectivity index is 1.04. The first-order valence-corrected chi connectivity index (χ1v) is 15.7. The van der Waals surface area contributed by atoms with E-state index >= 15 is 0 Å². The predicted molar refractivity (Wildman–Crippen MR) is 163 cm³/mol. The number of morpholine rings is 1. The predicted octanol–water partition coefficient (Wildman–Crippen LogP) is 5.55. The molecule has 2 amide bonds. The van der Waals surface area contributed by atoms with Crippen molar-refractivity contribution in [3.05, 3.63) is 47.7 Å². The summed E-state index contributed by atoms with van der Waals surface area (Å²) in [6.07, 6.45) is 3.19. The molecule has 1 atom stereocenters. The first-order chi connectivity index (χ1) is 20.3. The van der Waals surface area contributed by atoms with Crippen LogP contribution in [0.25, 0.3) is 0 Å². The first-order valence-electron chi connectivity index (χ1n) is 15.7. The molecule has 1 aliphatic carbocycles. The number of likely N-dealkylation sites (tertiary alicyclic amines) is 1. The second kappa shape index (κ2) is 10.7. The van der Waals surface area contributed by atoms with Crippen molar-refractivity contribution in [1.29, 1.82) is 0 Å². The molecule has 1 aromatic carbocycles. The quantitative estimate of drug-likeness (QED) is 0.459. The van der Waals surface area contributed by atoms with E-state index in [-0.39, 0.29) is 29.7 Å². The molecule has 2 spiro atoms.